The van der Waals surface area contributed by atoms with Gasteiger partial charge in [-0.15, -0.1) is 0 Å². The molecular weight excluding hydrogens is 419 g/mol. The molecule has 3 heterocycles. The number of piperidine rings is 1. The van der Waals surface area contributed by atoms with Gasteiger partial charge < -0.3 is 9.80 Å². The monoisotopic (exact) mass is 446 g/mol. The van der Waals surface area contributed by atoms with Crippen molar-refractivity contribution in [3.8, 4) is 0 Å². The Hall–Kier alpha value is -3.48. The van der Waals surface area contributed by atoms with Crippen molar-refractivity contribution in [2.45, 2.75) is 32.4 Å². The van der Waals surface area contributed by atoms with Gasteiger partial charge in [-0.25, -0.2) is 4.39 Å². The number of rotatable bonds is 5. The van der Waals surface area contributed by atoms with E-state index in [1.165, 1.54) is 17.7 Å². The zero-order valence-electron chi connectivity index (χ0n) is 18.5. The molecule has 5 rings (SSSR count). The maximum absolute atomic E-state index is 13.2. The molecule has 0 radical (unpaired) electrons. The van der Waals surface area contributed by atoms with Crippen LogP contribution in [-0.4, -0.2) is 51.0 Å². The maximum Gasteiger partial charge on any atom is 0.274 e. The predicted octanol–water partition coefficient (Wildman–Crippen LogP) is 3.77. The van der Waals surface area contributed by atoms with E-state index in [9.17, 15) is 14.0 Å². The van der Waals surface area contributed by atoms with Crippen molar-refractivity contribution < 1.29 is 14.0 Å². The highest BCUT2D eigenvalue weighted by Crippen LogP contribution is 2.24. The Labute approximate surface area is 192 Å². The number of carbonyl (C=O) groups is 2. The lowest BCUT2D eigenvalue weighted by atomic mass is 9.90. The van der Waals surface area contributed by atoms with Gasteiger partial charge in [0.2, 0.25) is 0 Å². The third-order valence-corrected chi connectivity index (χ3v) is 6.64. The van der Waals surface area contributed by atoms with Gasteiger partial charge >= 0.3 is 0 Å². The average molecular weight is 447 g/mol. The number of likely N-dealkylation sites (tertiary alicyclic amines) is 1. The summed E-state index contributed by atoms with van der Waals surface area (Å²) in [5, 5.41) is 4.44. The van der Waals surface area contributed by atoms with Crippen LogP contribution in [-0.2, 0) is 19.5 Å². The third kappa shape index (κ3) is 4.67. The summed E-state index contributed by atoms with van der Waals surface area (Å²) in [6.07, 6.45) is 2.98. The second-order valence-electron chi connectivity index (χ2n) is 8.92. The van der Waals surface area contributed by atoms with Crippen LogP contribution in [0.4, 0.5) is 4.39 Å². The van der Waals surface area contributed by atoms with Crippen molar-refractivity contribution in [1.29, 1.82) is 0 Å². The molecule has 2 aromatic carbocycles. The molecule has 6 nitrogen and oxygen atoms in total. The molecule has 170 valence electrons. The molecule has 7 heteroatoms. The van der Waals surface area contributed by atoms with E-state index in [2.05, 4.69) is 29.4 Å². The van der Waals surface area contributed by atoms with E-state index in [4.69, 9.17) is 0 Å². The molecule has 0 N–H and O–H groups in total. The van der Waals surface area contributed by atoms with Crippen molar-refractivity contribution in [3.05, 3.63) is 89.0 Å². The Morgan fingerprint density at radius 3 is 2.39 bits per heavy atom. The Balaban J connectivity index is 1.21. The van der Waals surface area contributed by atoms with Crippen LogP contribution in [0.2, 0.25) is 0 Å². The van der Waals surface area contributed by atoms with Gasteiger partial charge in [0.15, 0.2) is 5.69 Å². The first-order valence-corrected chi connectivity index (χ1v) is 11.5. The Bertz CT molecular complexity index is 1130. The standard InChI is InChI=1S/C26H27FN4O2/c27-22-8-6-21(7-9-22)18-30-14-15-31-24(26(30)33)17-23(28-31)25(32)29-12-10-20(11-13-29)16-19-4-2-1-3-5-19/h1-9,17,20H,10-16,18H2. The van der Waals surface area contributed by atoms with E-state index < -0.39 is 0 Å². The first-order chi connectivity index (χ1) is 16.1. The number of amides is 2. The smallest absolute Gasteiger partial charge is 0.274 e. The molecule has 0 saturated carbocycles. The minimum absolute atomic E-state index is 0.104. The number of aromatic nitrogens is 2. The highest BCUT2D eigenvalue weighted by molar-refractivity contribution is 5.98. The van der Waals surface area contributed by atoms with Crippen LogP contribution in [0.15, 0.2) is 60.7 Å². The van der Waals surface area contributed by atoms with Crippen LogP contribution in [0.5, 0.6) is 0 Å². The van der Waals surface area contributed by atoms with Gasteiger partial charge in [-0.05, 0) is 48.4 Å². The normalized spacial score (nSPS) is 16.7. The SMILES string of the molecule is O=C(c1cc2n(n1)CCN(Cc1ccc(F)cc1)C2=O)N1CCC(Cc2ccccc2)CC1. The molecule has 0 bridgehead atoms. The third-order valence-electron chi connectivity index (χ3n) is 6.64. The van der Waals surface area contributed by atoms with E-state index in [0.29, 0.717) is 50.0 Å². The summed E-state index contributed by atoms with van der Waals surface area (Å²) < 4.78 is 14.8. The molecule has 0 spiro atoms. The van der Waals surface area contributed by atoms with Crippen molar-refractivity contribution in [2.24, 2.45) is 5.92 Å². The molecule has 3 aromatic rings. The van der Waals surface area contributed by atoms with E-state index in [0.717, 1.165) is 24.8 Å². The number of hydrogen-bond acceptors (Lipinski definition) is 3. The second kappa shape index (κ2) is 9.17. The molecular formula is C26H27FN4O2. The number of carbonyl (C=O) groups excluding carboxylic acids is 2. The lowest BCUT2D eigenvalue weighted by Gasteiger charge is -2.31. The molecule has 0 aliphatic carbocycles. The van der Waals surface area contributed by atoms with Gasteiger partial charge in [0.25, 0.3) is 11.8 Å². The minimum atomic E-state index is -0.297. The lowest BCUT2D eigenvalue weighted by Crippen LogP contribution is -2.40. The second-order valence-corrected chi connectivity index (χ2v) is 8.92. The lowest BCUT2D eigenvalue weighted by molar-refractivity contribution is 0.0670. The van der Waals surface area contributed by atoms with E-state index in [1.54, 1.807) is 27.8 Å². The molecule has 1 fully saturated rings. The number of nitrogens with zero attached hydrogens (tertiary/aromatic N) is 4. The zero-order chi connectivity index (χ0) is 22.8. The fraction of sp³-hybridized carbons (Fsp3) is 0.346. The number of benzene rings is 2. The first kappa shape index (κ1) is 21.4. The summed E-state index contributed by atoms with van der Waals surface area (Å²) in [7, 11) is 0. The van der Waals surface area contributed by atoms with Crippen LogP contribution in [0.1, 0.15) is 44.9 Å². The molecule has 2 aliphatic heterocycles. The van der Waals surface area contributed by atoms with Gasteiger partial charge in [-0.2, -0.15) is 5.10 Å². The summed E-state index contributed by atoms with van der Waals surface area (Å²) in [4.78, 5) is 29.6. The summed E-state index contributed by atoms with van der Waals surface area (Å²) in [6.45, 7) is 2.87. The molecule has 1 saturated heterocycles. The molecule has 33 heavy (non-hydrogen) atoms. The fourth-order valence-electron chi connectivity index (χ4n) is 4.75. The molecule has 1 aromatic heterocycles. The summed E-state index contributed by atoms with van der Waals surface area (Å²) in [5.74, 6) is 0.0222. The van der Waals surface area contributed by atoms with Gasteiger partial charge in [-0.1, -0.05) is 42.5 Å². The predicted molar refractivity (Wildman–Crippen MR) is 122 cm³/mol. The average Bonchev–Trinajstić information content (AvgIpc) is 3.28. The summed E-state index contributed by atoms with van der Waals surface area (Å²) in [5.41, 5.74) is 2.98. The van der Waals surface area contributed by atoms with Crippen molar-refractivity contribution in [1.82, 2.24) is 19.6 Å². The molecule has 2 aliphatic rings. The van der Waals surface area contributed by atoms with E-state index in [-0.39, 0.29) is 17.6 Å². The summed E-state index contributed by atoms with van der Waals surface area (Å²) >= 11 is 0. The van der Waals surface area contributed by atoms with Gasteiger partial charge in [0.1, 0.15) is 11.5 Å². The van der Waals surface area contributed by atoms with Crippen LogP contribution in [0, 0.1) is 11.7 Å². The van der Waals surface area contributed by atoms with Crippen molar-refractivity contribution >= 4 is 11.8 Å². The molecule has 0 unspecified atom stereocenters. The maximum atomic E-state index is 13.2. The van der Waals surface area contributed by atoms with E-state index >= 15 is 0 Å². The quantitative estimate of drug-likeness (QED) is 0.600. The molecule has 2 amide bonds. The van der Waals surface area contributed by atoms with Crippen molar-refractivity contribution in [3.63, 3.8) is 0 Å². The topological polar surface area (TPSA) is 58.4 Å². The van der Waals surface area contributed by atoms with Crippen molar-refractivity contribution in [2.75, 3.05) is 19.6 Å². The van der Waals surface area contributed by atoms with Gasteiger partial charge in [0.05, 0.1) is 6.54 Å². The van der Waals surface area contributed by atoms with Crippen LogP contribution in [0.3, 0.4) is 0 Å². The largest absolute Gasteiger partial charge is 0.337 e. The number of halogens is 1. The first-order valence-electron chi connectivity index (χ1n) is 11.5. The van der Waals surface area contributed by atoms with Crippen LogP contribution >= 0.6 is 0 Å². The Morgan fingerprint density at radius 1 is 0.939 bits per heavy atom. The van der Waals surface area contributed by atoms with Gasteiger partial charge in [-0.3, -0.25) is 14.3 Å². The zero-order valence-corrected chi connectivity index (χ0v) is 18.5. The number of fused-ring (bicyclic) bond motifs is 1. The summed E-state index contributed by atoms with van der Waals surface area (Å²) in [6, 6.07) is 18.3. The minimum Gasteiger partial charge on any atom is -0.337 e. The highest BCUT2D eigenvalue weighted by Gasteiger charge is 2.30. The fourth-order valence-corrected chi connectivity index (χ4v) is 4.75. The van der Waals surface area contributed by atoms with Crippen LogP contribution < -0.4 is 0 Å². The van der Waals surface area contributed by atoms with Crippen LogP contribution in [0.25, 0.3) is 0 Å². The van der Waals surface area contributed by atoms with E-state index in [1.807, 2.05) is 11.0 Å². The number of hydrogen-bond donors (Lipinski definition) is 0. The molecule has 0 atom stereocenters. The Kier molecular flexibility index (Phi) is 5.94. The van der Waals surface area contributed by atoms with Gasteiger partial charge in [0, 0.05) is 32.2 Å². The highest BCUT2D eigenvalue weighted by atomic mass is 19.1. The Morgan fingerprint density at radius 2 is 1.67 bits per heavy atom.